The van der Waals surface area contributed by atoms with Crippen LogP contribution in [0, 0.1) is 6.92 Å². The Morgan fingerprint density at radius 1 is 1.13 bits per heavy atom. The Kier molecular flexibility index (Phi) is 4.63. The van der Waals surface area contributed by atoms with Gasteiger partial charge in [-0.3, -0.25) is 9.89 Å². The molecule has 1 N–H and O–H groups in total. The lowest BCUT2D eigenvalue weighted by Gasteiger charge is -2.16. The highest BCUT2D eigenvalue weighted by Gasteiger charge is 2.34. The molecule has 0 radical (unpaired) electrons. The summed E-state index contributed by atoms with van der Waals surface area (Å²) in [5, 5.41) is 11.4. The topological polar surface area (TPSA) is 87.9 Å². The van der Waals surface area contributed by atoms with Crippen LogP contribution in [0.25, 0.3) is 22.8 Å². The van der Waals surface area contributed by atoms with Crippen LogP contribution in [0.5, 0.6) is 0 Å². The first-order valence-electron chi connectivity index (χ1n) is 9.94. The van der Waals surface area contributed by atoms with Crippen LogP contribution in [0.4, 0.5) is 0 Å². The molecule has 7 heteroatoms. The van der Waals surface area contributed by atoms with E-state index in [2.05, 4.69) is 39.4 Å². The molecule has 0 saturated carbocycles. The first kappa shape index (κ1) is 18.3. The summed E-state index contributed by atoms with van der Waals surface area (Å²) in [5.41, 5.74) is 4.80. The van der Waals surface area contributed by atoms with Gasteiger partial charge in [0.2, 0.25) is 5.91 Å². The number of aromatic amines is 1. The summed E-state index contributed by atoms with van der Waals surface area (Å²) in [6.45, 7) is 3.24. The summed E-state index contributed by atoms with van der Waals surface area (Å²) in [6, 6.07) is 20.0. The lowest BCUT2D eigenvalue weighted by molar-refractivity contribution is -0.128. The van der Waals surface area contributed by atoms with Crippen molar-refractivity contribution in [3.63, 3.8) is 0 Å². The Hall–Kier alpha value is -3.74. The van der Waals surface area contributed by atoms with Crippen LogP contribution in [-0.4, -0.2) is 37.7 Å². The van der Waals surface area contributed by atoms with Gasteiger partial charge in [-0.2, -0.15) is 10.1 Å². The third kappa shape index (κ3) is 3.61. The quantitative estimate of drug-likeness (QED) is 0.549. The maximum atomic E-state index is 12.5. The second kappa shape index (κ2) is 7.59. The Bertz CT molecular complexity index is 1180. The standard InChI is InChI=1S/C23H21N5O2/c1-15-6-5-7-16(10-15)13-28-14-18(11-21(28)29)22-24-23(30-27-22)20-12-19(25-26-20)17-8-3-2-4-9-17/h2-10,12,18H,11,13-14H2,1H3,(H,25,26). The van der Waals surface area contributed by atoms with Crippen molar-refractivity contribution in [3.8, 4) is 22.8 Å². The number of carbonyl (C=O) groups is 1. The predicted molar refractivity (Wildman–Crippen MR) is 111 cm³/mol. The Balaban J connectivity index is 1.30. The first-order valence-corrected chi connectivity index (χ1v) is 9.94. The van der Waals surface area contributed by atoms with E-state index in [0.717, 1.165) is 16.8 Å². The van der Waals surface area contributed by atoms with Gasteiger partial charge in [0.25, 0.3) is 5.89 Å². The van der Waals surface area contributed by atoms with Crippen molar-refractivity contribution in [2.45, 2.75) is 25.8 Å². The van der Waals surface area contributed by atoms with E-state index in [4.69, 9.17) is 4.52 Å². The maximum Gasteiger partial charge on any atom is 0.275 e. The second-order valence-electron chi connectivity index (χ2n) is 7.65. The van der Waals surface area contributed by atoms with Crippen molar-refractivity contribution in [1.82, 2.24) is 25.2 Å². The number of rotatable bonds is 5. The third-order valence-corrected chi connectivity index (χ3v) is 5.36. The zero-order valence-electron chi connectivity index (χ0n) is 16.6. The van der Waals surface area contributed by atoms with Crippen LogP contribution >= 0.6 is 0 Å². The molecule has 1 atom stereocenters. The molecular weight excluding hydrogens is 378 g/mol. The van der Waals surface area contributed by atoms with E-state index in [0.29, 0.717) is 36.9 Å². The molecule has 0 spiro atoms. The highest BCUT2D eigenvalue weighted by Crippen LogP contribution is 2.29. The first-order chi connectivity index (χ1) is 14.7. The number of likely N-dealkylation sites (tertiary alicyclic amines) is 1. The van der Waals surface area contributed by atoms with E-state index in [9.17, 15) is 4.79 Å². The smallest absolute Gasteiger partial charge is 0.275 e. The minimum Gasteiger partial charge on any atom is -0.338 e. The lowest BCUT2D eigenvalue weighted by Crippen LogP contribution is -2.24. The molecule has 150 valence electrons. The number of nitrogens with one attached hydrogen (secondary N) is 1. The molecule has 3 heterocycles. The van der Waals surface area contributed by atoms with E-state index in [1.165, 1.54) is 5.56 Å². The Morgan fingerprint density at radius 2 is 2.00 bits per heavy atom. The van der Waals surface area contributed by atoms with E-state index in [1.807, 2.05) is 53.4 Å². The fraction of sp³-hybridized carbons (Fsp3) is 0.217. The molecule has 1 fully saturated rings. The number of aromatic nitrogens is 4. The van der Waals surface area contributed by atoms with Gasteiger partial charge in [-0.25, -0.2) is 0 Å². The zero-order valence-corrected chi connectivity index (χ0v) is 16.6. The van der Waals surface area contributed by atoms with Gasteiger partial charge in [-0.15, -0.1) is 0 Å². The number of nitrogens with zero attached hydrogens (tertiary/aromatic N) is 4. The molecule has 0 aliphatic carbocycles. The molecule has 1 aliphatic rings. The van der Waals surface area contributed by atoms with Crippen LogP contribution < -0.4 is 0 Å². The van der Waals surface area contributed by atoms with Crippen molar-refractivity contribution in [2.24, 2.45) is 0 Å². The van der Waals surface area contributed by atoms with Gasteiger partial charge in [-0.05, 0) is 18.6 Å². The number of amides is 1. The fourth-order valence-corrected chi connectivity index (χ4v) is 3.83. The van der Waals surface area contributed by atoms with Gasteiger partial charge in [0.15, 0.2) is 5.82 Å². The Morgan fingerprint density at radius 3 is 2.83 bits per heavy atom. The van der Waals surface area contributed by atoms with E-state index in [1.54, 1.807) is 0 Å². The molecule has 1 aliphatic heterocycles. The minimum atomic E-state index is -0.0728. The molecule has 0 bridgehead atoms. The highest BCUT2D eigenvalue weighted by molar-refractivity contribution is 5.79. The molecule has 1 amide bonds. The van der Waals surface area contributed by atoms with Gasteiger partial charge in [-0.1, -0.05) is 65.3 Å². The van der Waals surface area contributed by atoms with Crippen LogP contribution in [0.2, 0.25) is 0 Å². The van der Waals surface area contributed by atoms with Crippen molar-refractivity contribution in [1.29, 1.82) is 0 Å². The number of aryl methyl sites for hydroxylation is 1. The summed E-state index contributed by atoms with van der Waals surface area (Å²) in [7, 11) is 0. The summed E-state index contributed by atoms with van der Waals surface area (Å²) in [4.78, 5) is 18.9. The molecule has 2 aromatic heterocycles. The van der Waals surface area contributed by atoms with Crippen molar-refractivity contribution in [2.75, 3.05) is 6.54 Å². The van der Waals surface area contributed by atoms with Gasteiger partial charge in [0.1, 0.15) is 5.69 Å². The molecule has 7 nitrogen and oxygen atoms in total. The van der Waals surface area contributed by atoms with Crippen LogP contribution in [0.1, 0.15) is 29.3 Å². The molecule has 5 rings (SSSR count). The van der Waals surface area contributed by atoms with Gasteiger partial charge in [0.05, 0.1) is 5.69 Å². The number of hydrogen-bond donors (Lipinski definition) is 1. The van der Waals surface area contributed by atoms with Crippen molar-refractivity contribution < 1.29 is 9.32 Å². The van der Waals surface area contributed by atoms with Crippen molar-refractivity contribution >= 4 is 5.91 Å². The summed E-state index contributed by atoms with van der Waals surface area (Å²) in [6.07, 6.45) is 0.392. The SMILES string of the molecule is Cc1cccc(CN2CC(c3noc(-c4cc(-c5ccccc5)n[nH]4)n3)CC2=O)c1. The largest absolute Gasteiger partial charge is 0.338 e. The van der Waals surface area contributed by atoms with E-state index < -0.39 is 0 Å². The van der Waals surface area contributed by atoms with E-state index >= 15 is 0 Å². The predicted octanol–water partition coefficient (Wildman–Crippen LogP) is 3.95. The zero-order chi connectivity index (χ0) is 20.5. The Labute approximate surface area is 173 Å². The maximum absolute atomic E-state index is 12.5. The average molecular weight is 399 g/mol. The molecule has 1 saturated heterocycles. The number of benzene rings is 2. The summed E-state index contributed by atoms with van der Waals surface area (Å²) < 4.78 is 5.45. The third-order valence-electron chi connectivity index (χ3n) is 5.36. The normalized spacial score (nSPS) is 16.4. The molecule has 2 aromatic carbocycles. The highest BCUT2D eigenvalue weighted by atomic mass is 16.5. The number of carbonyl (C=O) groups excluding carboxylic acids is 1. The number of H-pyrrole nitrogens is 1. The molecular formula is C23H21N5O2. The van der Waals surface area contributed by atoms with Gasteiger partial charge < -0.3 is 9.42 Å². The van der Waals surface area contributed by atoms with Crippen LogP contribution in [-0.2, 0) is 11.3 Å². The van der Waals surface area contributed by atoms with Crippen LogP contribution in [0.3, 0.4) is 0 Å². The van der Waals surface area contributed by atoms with Crippen LogP contribution in [0.15, 0.2) is 65.2 Å². The summed E-state index contributed by atoms with van der Waals surface area (Å²) >= 11 is 0. The fourth-order valence-electron chi connectivity index (χ4n) is 3.83. The second-order valence-corrected chi connectivity index (χ2v) is 7.65. The summed E-state index contributed by atoms with van der Waals surface area (Å²) in [5.74, 6) is 0.974. The lowest BCUT2D eigenvalue weighted by atomic mass is 10.1. The van der Waals surface area contributed by atoms with E-state index in [-0.39, 0.29) is 11.8 Å². The molecule has 4 aromatic rings. The average Bonchev–Trinajstić information content (AvgIpc) is 3.49. The monoisotopic (exact) mass is 399 g/mol. The van der Waals surface area contributed by atoms with Gasteiger partial charge >= 0.3 is 0 Å². The minimum absolute atomic E-state index is 0.0728. The molecule has 30 heavy (non-hydrogen) atoms. The van der Waals surface area contributed by atoms with Gasteiger partial charge in [0, 0.05) is 31.0 Å². The molecule has 1 unspecified atom stereocenters. The van der Waals surface area contributed by atoms with Crippen molar-refractivity contribution in [3.05, 3.63) is 77.6 Å². The number of hydrogen-bond acceptors (Lipinski definition) is 5.